The second-order valence-corrected chi connectivity index (χ2v) is 6.18. The summed E-state index contributed by atoms with van der Waals surface area (Å²) in [6, 6.07) is 8.75. The lowest BCUT2D eigenvalue weighted by atomic mass is 9.84. The predicted octanol–water partition coefficient (Wildman–Crippen LogP) is 2.71. The summed E-state index contributed by atoms with van der Waals surface area (Å²) >= 11 is 0. The molecule has 3 rings (SSSR count). The Morgan fingerprint density at radius 3 is 2.57 bits per heavy atom. The van der Waals surface area contributed by atoms with Crippen molar-refractivity contribution >= 4 is 5.97 Å². The lowest BCUT2D eigenvalue weighted by Gasteiger charge is -2.38. The summed E-state index contributed by atoms with van der Waals surface area (Å²) in [5.74, 6) is 0.623. The number of benzene rings is 1. The molecule has 4 heteroatoms. The topological polar surface area (TPSA) is 38.8 Å². The fourth-order valence-electron chi connectivity index (χ4n) is 4.11. The average molecular weight is 289 g/mol. The molecule has 0 radical (unpaired) electrons. The van der Waals surface area contributed by atoms with Gasteiger partial charge in [0, 0.05) is 19.4 Å². The van der Waals surface area contributed by atoms with Crippen molar-refractivity contribution in [1.29, 1.82) is 0 Å². The molecule has 2 aliphatic rings. The van der Waals surface area contributed by atoms with Crippen LogP contribution in [0.25, 0.3) is 0 Å². The van der Waals surface area contributed by atoms with Gasteiger partial charge in [-0.3, -0.25) is 9.69 Å². The Morgan fingerprint density at radius 2 is 2.00 bits per heavy atom. The van der Waals surface area contributed by atoms with Gasteiger partial charge in [-0.15, -0.1) is 0 Å². The summed E-state index contributed by atoms with van der Waals surface area (Å²) in [5, 5.41) is 0. The van der Waals surface area contributed by atoms with Crippen LogP contribution in [-0.2, 0) is 15.1 Å². The van der Waals surface area contributed by atoms with E-state index in [1.807, 2.05) is 24.3 Å². The SMILES string of the molecule is COc1ccc(C2(OC(C)=O)CC3CCCC2N3C)cc1. The van der Waals surface area contributed by atoms with E-state index in [1.165, 1.54) is 19.8 Å². The molecule has 0 aromatic heterocycles. The van der Waals surface area contributed by atoms with Crippen molar-refractivity contribution in [2.45, 2.75) is 50.3 Å². The van der Waals surface area contributed by atoms with E-state index in [1.54, 1.807) is 7.11 Å². The summed E-state index contributed by atoms with van der Waals surface area (Å²) in [4.78, 5) is 14.1. The predicted molar refractivity (Wildman–Crippen MR) is 80.2 cm³/mol. The summed E-state index contributed by atoms with van der Waals surface area (Å²) in [7, 11) is 3.82. The number of hydrogen-bond donors (Lipinski definition) is 0. The second-order valence-electron chi connectivity index (χ2n) is 6.18. The van der Waals surface area contributed by atoms with E-state index < -0.39 is 5.60 Å². The average Bonchev–Trinajstić information content (AvgIpc) is 2.63. The Hall–Kier alpha value is -1.55. The Labute approximate surface area is 126 Å². The van der Waals surface area contributed by atoms with Crippen LogP contribution in [0.3, 0.4) is 0 Å². The van der Waals surface area contributed by atoms with Crippen LogP contribution in [-0.4, -0.2) is 37.1 Å². The van der Waals surface area contributed by atoms with E-state index in [4.69, 9.17) is 9.47 Å². The molecule has 2 fully saturated rings. The van der Waals surface area contributed by atoms with Crippen LogP contribution in [0.4, 0.5) is 0 Å². The highest BCUT2D eigenvalue weighted by Gasteiger charge is 2.55. The van der Waals surface area contributed by atoms with Gasteiger partial charge in [-0.25, -0.2) is 0 Å². The molecule has 0 aliphatic carbocycles. The first-order chi connectivity index (χ1) is 10.1. The Bertz CT molecular complexity index is 527. The minimum absolute atomic E-state index is 0.202. The van der Waals surface area contributed by atoms with Gasteiger partial charge in [0.25, 0.3) is 0 Å². The monoisotopic (exact) mass is 289 g/mol. The highest BCUT2D eigenvalue weighted by Crippen LogP contribution is 2.49. The van der Waals surface area contributed by atoms with Crippen molar-refractivity contribution < 1.29 is 14.3 Å². The van der Waals surface area contributed by atoms with Gasteiger partial charge in [-0.2, -0.15) is 0 Å². The van der Waals surface area contributed by atoms with Crippen LogP contribution in [0.15, 0.2) is 24.3 Å². The summed E-state index contributed by atoms with van der Waals surface area (Å²) in [6.07, 6.45) is 4.36. The number of esters is 1. The van der Waals surface area contributed by atoms with Crippen LogP contribution in [0.5, 0.6) is 5.75 Å². The van der Waals surface area contributed by atoms with Gasteiger partial charge in [-0.05, 0) is 37.6 Å². The van der Waals surface area contributed by atoms with Crippen LogP contribution < -0.4 is 4.74 Å². The van der Waals surface area contributed by atoms with Crippen LogP contribution in [0.1, 0.15) is 38.2 Å². The molecule has 2 heterocycles. The summed E-state index contributed by atoms with van der Waals surface area (Å²) < 4.78 is 11.2. The fourth-order valence-corrected chi connectivity index (χ4v) is 4.11. The zero-order valence-corrected chi connectivity index (χ0v) is 13.0. The standard InChI is InChI=1S/C17H23NO3/c1-12(19)21-17(13-7-9-15(20-3)10-8-13)11-14-5-4-6-16(17)18(14)2/h7-10,14,16H,4-6,11H2,1-3H3. The maximum atomic E-state index is 11.7. The maximum Gasteiger partial charge on any atom is 0.303 e. The Morgan fingerprint density at radius 1 is 1.29 bits per heavy atom. The van der Waals surface area contributed by atoms with Gasteiger partial charge in [0.2, 0.25) is 0 Å². The first-order valence-corrected chi connectivity index (χ1v) is 7.63. The van der Waals surface area contributed by atoms with Crippen LogP contribution >= 0.6 is 0 Å². The van der Waals surface area contributed by atoms with Crippen LogP contribution in [0, 0.1) is 0 Å². The molecule has 21 heavy (non-hydrogen) atoms. The van der Waals surface area contributed by atoms with Gasteiger partial charge < -0.3 is 9.47 Å². The number of piperidine rings is 1. The lowest BCUT2D eigenvalue weighted by molar-refractivity contribution is -0.161. The number of carbonyl (C=O) groups excluding carboxylic acids is 1. The molecular formula is C17H23NO3. The molecule has 3 atom stereocenters. The largest absolute Gasteiger partial charge is 0.497 e. The van der Waals surface area contributed by atoms with Gasteiger partial charge in [0.1, 0.15) is 5.75 Å². The first-order valence-electron chi connectivity index (χ1n) is 7.63. The molecule has 3 unspecified atom stereocenters. The third-order valence-corrected chi connectivity index (χ3v) is 5.06. The zero-order valence-electron chi connectivity index (χ0n) is 13.0. The first kappa shape index (κ1) is 14.4. The van der Waals surface area contributed by atoms with Crippen LogP contribution in [0.2, 0.25) is 0 Å². The van der Waals surface area contributed by atoms with Crippen molar-refractivity contribution in [1.82, 2.24) is 4.90 Å². The molecule has 0 spiro atoms. The van der Waals surface area contributed by atoms with Gasteiger partial charge >= 0.3 is 5.97 Å². The van der Waals surface area contributed by atoms with E-state index in [9.17, 15) is 4.79 Å². The third-order valence-electron chi connectivity index (χ3n) is 5.06. The molecule has 4 nitrogen and oxygen atoms in total. The van der Waals surface area contributed by atoms with Crippen molar-refractivity contribution in [2.24, 2.45) is 0 Å². The normalized spacial score (nSPS) is 32.0. The molecule has 0 amide bonds. The number of hydrogen-bond acceptors (Lipinski definition) is 4. The molecule has 1 aromatic rings. The number of ether oxygens (including phenoxy) is 2. The molecule has 2 bridgehead atoms. The number of carbonyl (C=O) groups is 1. The lowest BCUT2D eigenvalue weighted by Crippen LogP contribution is -2.46. The van der Waals surface area contributed by atoms with E-state index in [0.717, 1.165) is 24.2 Å². The smallest absolute Gasteiger partial charge is 0.303 e. The van der Waals surface area contributed by atoms with Crippen molar-refractivity contribution in [3.8, 4) is 5.75 Å². The van der Waals surface area contributed by atoms with Crippen molar-refractivity contribution in [3.05, 3.63) is 29.8 Å². The van der Waals surface area contributed by atoms with Crippen molar-refractivity contribution in [2.75, 3.05) is 14.2 Å². The number of methoxy groups -OCH3 is 1. The molecule has 1 aromatic carbocycles. The van der Waals surface area contributed by atoms with Gasteiger partial charge in [0.15, 0.2) is 5.60 Å². The molecule has 114 valence electrons. The molecule has 2 saturated heterocycles. The maximum absolute atomic E-state index is 11.7. The number of likely N-dealkylation sites (N-methyl/N-ethyl adjacent to an activating group) is 1. The summed E-state index contributed by atoms with van der Waals surface area (Å²) in [6.45, 7) is 1.51. The molecule has 2 aliphatic heterocycles. The fraction of sp³-hybridized carbons (Fsp3) is 0.588. The highest BCUT2D eigenvalue weighted by atomic mass is 16.6. The third kappa shape index (κ3) is 2.31. The minimum atomic E-state index is -0.506. The Balaban J connectivity index is 2.02. The number of rotatable bonds is 3. The minimum Gasteiger partial charge on any atom is -0.497 e. The highest BCUT2D eigenvalue weighted by molar-refractivity contribution is 5.67. The second kappa shape index (κ2) is 5.34. The Kier molecular flexibility index (Phi) is 3.66. The van der Waals surface area contributed by atoms with E-state index in [-0.39, 0.29) is 12.0 Å². The van der Waals surface area contributed by atoms with Gasteiger partial charge in [0.05, 0.1) is 13.2 Å². The number of fused-ring (bicyclic) bond motifs is 2. The van der Waals surface area contributed by atoms with Gasteiger partial charge in [-0.1, -0.05) is 18.6 Å². The molecule has 0 N–H and O–H groups in total. The number of nitrogens with zero attached hydrogens (tertiary/aromatic N) is 1. The molecule has 0 saturated carbocycles. The zero-order chi connectivity index (χ0) is 15.0. The van der Waals surface area contributed by atoms with E-state index in [2.05, 4.69) is 11.9 Å². The summed E-state index contributed by atoms with van der Waals surface area (Å²) in [5.41, 5.74) is 0.577. The quantitative estimate of drug-likeness (QED) is 0.802. The van der Waals surface area contributed by atoms with Crippen molar-refractivity contribution in [3.63, 3.8) is 0 Å². The van der Waals surface area contributed by atoms with E-state index >= 15 is 0 Å². The van der Waals surface area contributed by atoms with E-state index in [0.29, 0.717) is 6.04 Å². The molecular weight excluding hydrogens is 266 g/mol.